The summed E-state index contributed by atoms with van der Waals surface area (Å²) in [5.74, 6) is 9.67. The van der Waals surface area contributed by atoms with Gasteiger partial charge in [0.25, 0.3) is 5.91 Å². The third kappa shape index (κ3) is 5.25. The highest BCUT2D eigenvalue weighted by Crippen LogP contribution is 2.32. The van der Waals surface area contributed by atoms with Crippen molar-refractivity contribution >= 4 is 34.8 Å². The number of carbonyl (C=O) groups excluding carboxylic acids is 3. The van der Waals surface area contributed by atoms with E-state index in [9.17, 15) is 19.5 Å². The van der Waals surface area contributed by atoms with Crippen molar-refractivity contribution in [2.45, 2.75) is 36.9 Å². The Morgan fingerprint density at radius 3 is 2.55 bits per heavy atom. The minimum absolute atomic E-state index is 0.0481. The molecule has 1 aromatic carbocycles. The van der Waals surface area contributed by atoms with Crippen LogP contribution in [-0.2, 0) is 20.7 Å². The molecule has 2 aromatic heterocycles. The Morgan fingerprint density at radius 2 is 1.89 bits per heavy atom. The number of fused-ring (bicyclic) bond motifs is 1. The molecule has 202 valence electrons. The van der Waals surface area contributed by atoms with E-state index in [2.05, 4.69) is 25.6 Å². The van der Waals surface area contributed by atoms with Crippen LogP contribution >= 0.6 is 0 Å². The van der Waals surface area contributed by atoms with Gasteiger partial charge in [0.2, 0.25) is 5.91 Å². The number of hydrogen-bond acceptors (Lipinski definition) is 12. The van der Waals surface area contributed by atoms with Crippen molar-refractivity contribution in [1.29, 1.82) is 0 Å². The van der Waals surface area contributed by atoms with Crippen molar-refractivity contribution < 1.29 is 29.0 Å². The monoisotopic (exact) mass is 529 g/mol. The van der Waals surface area contributed by atoms with Gasteiger partial charge in [0.1, 0.15) is 29.7 Å². The zero-order valence-corrected chi connectivity index (χ0v) is 20.1. The molecule has 38 heavy (non-hydrogen) atoms. The number of amides is 4. The molecule has 4 rings (SSSR count). The molecule has 11 N–H and O–H groups in total. The van der Waals surface area contributed by atoms with E-state index in [1.54, 1.807) is 24.3 Å². The van der Waals surface area contributed by atoms with Crippen molar-refractivity contribution in [1.82, 2.24) is 41.0 Å². The maximum absolute atomic E-state index is 13.3. The Labute approximate surface area is 215 Å². The van der Waals surface area contributed by atoms with E-state index in [4.69, 9.17) is 26.9 Å². The highest BCUT2D eigenvalue weighted by Gasteiger charge is 2.49. The summed E-state index contributed by atoms with van der Waals surface area (Å²) in [7, 11) is 1.52. The molecule has 0 aliphatic carbocycles. The predicted octanol–water partition coefficient (Wildman–Crippen LogP) is -3.07. The lowest BCUT2D eigenvalue weighted by Gasteiger charge is -2.25. The Morgan fingerprint density at radius 1 is 1.16 bits per heavy atom. The molecular weight excluding hydrogens is 502 g/mol. The largest absolute Gasteiger partial charge is 0.497 e. The summed E-state index contributed by atoms with van der Waals surface area (Å²) in [5, 5.41) is 16.2. The summed E-state index contributed by atoms with van der Waals surface area (Å²) in [5.41, 5.74) is 10.9. The number of urea groups is 1. The Bertz CT molecular complexity index is 1320. The molecule has 4 amide bonds. The van der Waals surface area contributed by atoms with Gasteiger partial charge in [-0.2, -0.15) is 0 Å². The van der Waals surface area contributed by atoms with E-state index in [0.29, 0.717) is 11.3 Å². The number of aliphatic hydroxyl groups is 1. The van der Waals surface area contributed by atoms with Crippen LogP contribution in [0.2, 0.25) is 0 Å². The van der Waals surface area contributed by atoms with Crippen LogP contribution in [0.15, 0.2) is 36.9 Å². The third-order valence-corrected chi connectivity index (χ3v) is 5.99. The lowest BCUT2D eigenvalue weighted by molar-refractivity contribution is -0.135. The first-order valence-electron chi connectivity index (χ1n) is 11.2. The average Bonchev–Trinajstić information content (AvgIpc) is 3.50. The summed E-state index contributed by atoms with van der Waals surface area (Å²) < 4.78 is 12.3. The van der Waals surface area contributed by atoms with Gasteiger partial charge in [-0.3, -0.25) is 25.0 Å². The number of hydrogen-bond donors (Lipinski definition) is 8. The van der Waals surface area contributed by atoms with Crippen molar-refractivity contribution in [3.05, 3.63) is 42.5 Å². The molecule has 0 bridgehead atoms. The zero-order valence-electron chi connectivity index (χ0n) is 20.1. The number of aromatic nitrogens is 4. The van der Waals surface area contributed by atoms with Crippen molar-refractivity contribution in [3.8, 4) is 5.75 Å². The smallest absolute Gasteiger partial charge is 0.329 e. The third-order valence-electron chi connectivity index (χ3n) is 5.99. The molecule has 3 heterocycles. The zero-order chi connectivity index (χ0) is 27.4. The minimum Gasteiger partial charge on any atom is -0.497 e. The first kappa shape index (κ1) is 26.5. The van der Waals surface area contributed by atoms with E-state index >= 15 is 0 Å². The maximum atomic E-state index is 13.3. The van der Waals surface area contributed by atoms with Crippen LogP contribution in [0.5, 0.6) is 5.75 Å². The number of nitrogens with zero attached hydrogens (tertiary/aromatic N) is 4. The van der Waals surface area contributed by atoms with Crippen LogP contribution < -0.4 is 43.6 Å². The van der Waals surface area contributed by atoms with Gasteiger partial charge in [0, 0.05) is 6.42 Å². The molecule has 5 unspecified atom stereocenters. The molecule has 5 atom stereocenters. The fourth-order valence-electron chi connectivity index (χ4n) is 4.10. The number of aliphatic hydroxyl groups excluding tert-OH is 1. The Balaban J connectivity index is 1.59. The fraction of sp³-hybridized carbons (Fsp3) is 0.333. The summed E-state index contributed by atoms with van der Waals surface area (Å²) in [6, 6.07) is 3.56. The molecule has 3 aromatic rings. The van der Waals surface area contributed by atoms with Gasteiger partial charge in [0.05, 0.1) is 19.5 Å². The second-order valence-electron chi connectivity index (χ2n) is 8.29. The first-order chi connectivity index (χ1) is 18.3. The summed E-state index contributed by atoms with van der Waals surface area (Å²) >= 11 is 0. The number of ether oxygens (including phenoxy) is 2. The van der Waals surface area contributed by atoms with Crippen LogP contribution in [0.1, 0.15) is 11.8 Å². The molecule has 17 heteroatoms. The van der Waals surface area contributed by atoms with E-state index in [-0.39, 0.29) is 23.4 Å². The SMILES string of the molecule is COc1ccc(CC(NC(=O)NN)C(=O)NC2C(C(=O)NN)OC(n3cnc4c(N)ncnc43)C2O)cc1. The molecule has 0 saturated carbocycles. The van der Waals surface area contributed by atoms with Crippen LogP contribution in [0.25, 0.3) is 11.2 Å². The van der Waals surface area contributed by atoms with Crippen LogP contribution in [-0.4, -0.2) is 73.9 Å². The minimum atomic E-state index is -1.47. The topological polar surface area (TPSA) is 260 Å². The normalized spacial score (nSPS) is 21.5. The molecule has 0 radical (unpaired) electrons. The number of nitrogen functional groups attached to an aromatic ring is 1. The van der Waals surface area contributed by atoms with Gasteiger partial charge >= 0.3 is 6.03 Å². The number of imidazole rings is 1. The second-order valence-corrected chi connectivity index (χ2v) is 8.29. The lowest BCUT2D eigenvalue weighted by atomic mass is 10.0. The number of nitrogens with one attached hydrogen (secondary N) is 4. The summed E-state index contributed by atoms with van der Waals surface area (Å²) in [6.07, 6.45) is -1.52. The first-order valence-corrected chi connectivity index (χ1v) is 11.2. The fourth-order valence-corrected chi connectivity index (χ4v) is 4.10. The maximum Gasteiger partial charge on any atom is 0.329 e. The number of nitrogens with two attached hydrogens (primary N) is 3. The van der Waals surface area contributed by atoms with E-state index in [1.807, 2.05) is 10.9 Å². The molecular formula is C21H27N11O6. The standard InChI is InChI=1S/C21H27N11O6/c1-37-10-4-2-9(3-5-10)6-11(28-21(36)31-24)18(34)29-12-14(33)20(38-15(12)19(35)30-23)32-8-27-13-16(22)25-7-26-17(13)32/h2-5,7-8,11-12,14-15,20,33H,6,23-24H2,1H3,(H,29,34)(H,30,35)(H2,22,25,26)(H2,28,31,36). The van der Waals surface area contributed by atoms with Gasteiger partial charge in [-0.1, -0.05) is 12.1 Å². The number of anilines is 1. The molecule has 1 aliphatic heterocycles. The van der Waals surface area contributed by atoms with E-state index in [1.165, 1.54) is 24.3 Å². The van der Waals surface area contributed by atoms with Crippen molar-refractivity contribution in [2.75, 3.05) is 12.8 Å². The second kappa shape index (κ2) is 11.2. The van der Waals surface area contributed by atoms with Crippen LogP contribution in [0.4, 0.5) is 10.6 Å². The van der Waals surface area contributed by atoms with Crippen molar-refractivity contribution in [2.24, 2.45) is 11.7 Å². The summed E-state index contributed by atoms with van der Waals surface area (Å²) in [4.78, 5) is 49.9. The lowest BCUT2D eigenvalue weighted by Crippen LogP contribution is -2.59. The van der Waals surface area contributed by atoms with Gasteiger partial charge in [-0.15, -0.1) is 0 Å². The van der Waals surface area contributed by atoms with E-state index < -0.39 is 48.4 Å². The van der Waals surface area contributed by atoms with Gasteiger partial charge in [-0.05, 0) is 17.7 Å². The molecule has 17 nitrogen and oxygen atoms in total. The van der Waals surface area contributed by atoms with Gasteiger partial charge in [-0.25, -0.2) is 31.4 Å². The number of methoxy groups -OCH3 is 1. The highest BCUT2D eigenvalue weighted by molar-refractivity contribution is 5.89. The van der Waals surface area contributed by atoms with Crippen molar-refractivity contribution in [3.63, 3.8) is 0 Å². The van der Waals surface area contributed by atoms with Crippen LogP contribution in [0.3, 0.4) is 0 Å². The number of rotatable bonds is 8. The number of carbonyl (C=O) groups is 3. The Kier molecular flexibility index (Phi) is 7.82. The predicted molar refractivity (Wildman–Crippen MR) is 130 cm³/mol. The van der Waals surface area contributed by atoms with Gasteiger partial charge < -0.3 is 30.9 Å². The number of hydrazine groups is 2. The van der Waals surface area contributed by atoms with Gasteiger partial charge in [0.15, 0.2) is 23.8 Å². The quantitative estimate of drug-likeness (QED) is 0.0821. The average molecular weight is 530 g/mol. The van der Waals surface area contributed by atoms with E-state index in [0.717, 1.165) is 0 Å². The molecule has 0 spiro atoms. The molecule has 1 fully saturated rings. The highest BCUT2D eigenvalue weighted by atomic mass is 16.5. The molecule has 1 saturated heterocycles. The van der Waals surface area contributed by atoms with Crippen LogP contribution in [0, 0.1) is 0 Å². The Hall–Kier alpha value is -4.58. The summed E-state index contributed by atoms with van der Waals surface area (Å²) in [6.45, 7) is 0. The number of benzene rings is 1. The molecule has 1 aliphatic rings.